The molecule has 0 aromatic carbocycles. The van der Waals surface area contributed by atoms with E-state index in [-0.39, 0.29) is 29.8 Å². The van der Waals surface area contributed by atoms with E-state index in [9.17, 15) is 9.59 Å². The Balaban J connectivity index is 1.93. The number of carbonyl (C=O) groups excluding carboxylic acids is 2. The number of hydrogen-bond donors (Lipinski definition) is 1. The van der Waals surface area contributed by atoms with Gasteiger partial charge in [-0.3, -0.25) is 9.59 Å². The van der Waals surface area contributed by atoms with Gasteiger partial charge in [0.2, 0.25) is 5.91 Å². The van der Waals surface area contributed by atoms with Crippen molar-refractivity contribution in [1.29, 1.82) is 0 Å². The average molecular weight is 415 g/mol. The minimum Gasteiger partial charge on any atom is -0.352 e. The predicted molar refractivity (Wildman–Crippen MR) is 102 cm³/mol. The van der Waals surface area contributed by atoms with Crippen molar-refractivity contribution in [3.63, 3.8) is 0 Å². The van der Waals surface area contributed by atoms with E-state index < -0.39 is 0 Å². The maximum Gasteiger partial charge on any atom is 0.264 e. The van der Waals surface area contributed by atoms with Crippen molar-refractivity contribution in [3.05, 3.63) is 20.8 Å². The van der Waals surface area contributed by atoms with Crippen LogP contribution < -0.4 is 5.32 Å². The molecule has 1 aromatic rings. The van der Waals surface area contributed by atoms with E-state index in [1.807, 2.05) is 6.07 Å². The van der Waals surface area contributed by atoms with Gasteiger partial charge in [-0.1, -0.05) is 33.6 Å². The van der Waals surface area contributed by atoms with E-state index in [0.29, 0.717) is 10.8 Å². The van der Waals surface area contributed by atoms with E-state index in [0.717, 1.165) is 23.0 Å². The van der Waals surface area contributed by atoms with E-state index in [1.54, 1.807) is 13.1 Å². The molecule has 0 radical (unpaired) electrons. The normalized spacial score (nSPS) is 21.4. The summed E-state index contributed by atoms with van der Waals surface area (Å²) in [4.78, 5) is 26.9. The molecule has 2 unspecified atom stereocenters. The molecule has 0 saturated heterocycles. The second kappa shape index (κ2) is 8.00. The maximum absolute atomic E-state index is 12.4. The van der Waals surface area contributed by atoms with Gasteiger partial charge in [-0.15, -0.1) is 11.3 Å². The molecule has 1 aliphatic rings. The standard InChI is InChI=1S/C18H27BrN2O2S/c1-18(2,3)12-7-5-6-8-13(12)20-16(22)11-21(4)17(23)14-9-10-15(19)24-14/h9-10,12-13H,5-8,11H2,1-4H3,(H,20,22). The third-order valence-corrected chi connectivity index (χ3v) is 6.35. The van der Waals surface area contributed by atoms with Gasteiger partial charge in [0.15, 0.2) is 0 Å². The molecule has 6 heteroatoms. The smallest absolute Gasteiger partial charge is 0.264 e. The number of likely N-dealkylation sites (N-methyl/N-ethyl adjacent to an activating group) is 1. The first-order chi connectivity index (χ1) is 11.2. The first-order valence-corrected chi connectivity index (χ1v) is 10.1. The van der Waals surface area contributed by atoms with E-state index in [4.69, 9.17) is 0 Å². The van der Waals surface area contributed by atoms with Crippen molar-refractivity contribution >= 4 is 39.1 Å². The van der Waals surface area contributed by atoms with E-state index >= 15 is 0 Å². The fourth-order valence-electron chi connectivity index (χ4n) is 3.50. The fourth-order valence-corrected chi connectivity index (χ4v) is 4.88. The molecule has 4 nitrogen and oxygen atoms in total. The lowest BCUT2D eigenvalue weighted by Gasteiger charge is -2.41. The van der Waals surface area contributed by atoms with Gasteiger partial charge in [0.25, 0.3) is 5.91 Å². The lowest BCUT2D eigenvalue weighted by Crippen LogP contribution is -2.49. The van der Waals surface area contributed by atoms with Crippen LogP contribution in [-0.4, -0.2) is 36.3 Å². The Morgan fingerprint density at radius 3 is 2.54 bits per heavy atom. The Morgan fingerprint density at radius 1 is 1.29 bits per heavy atom. The summed E-state index contributed by atoms with van der Waals surface area (Å²) in [5, 5.41) is 3.18. The van der Waals surface area contributed by atoms with E-state index in [2.05, 4.69) is 42.0 Å². The second-order valence-electron chi connectivity index (χ2n) is 7.70. The highest BCUT2D eigenvalue weighted by Crippen LogP contribution is 2.37. The van der Waals surface area contributed by atoms with E-state index in [1.165, 1.54) is 22.7 Å². The molecule has 0 bridgehead atoms. The average Bonchev–Trinajstić information content (AvgIpc) is 2.92. The Kier molecular flexibility index (Phi) is 6.48. The molecule has 1 saturated carbocycles. The number of amides is 2. The zero-order chi connectivity index (χ0) is 17.9. The molecule has 1 N–H and O–H groups in total. The Hall–Kier alpha value is -0.880. The number of rotatable bonds is 4. The number of thiophene rings is 1. The molecule has 0 spiro atoms. The van der Waals surface area contributed by atoms with Crippen LogP contribution in [0.2, 0.25) is 0 Å². The Bertz CT molecular complexity index is 594. The van der Waals surface area contributed by atoms with Gasteiger partial charge in [0.05, 0.1) is 15.2 Å². The Morgan fingerprint density at radius 2 is 1.96 bits per heavy atom. The minimum atomic E-state index is -0.114. The molecule has 134 valence electrons. The fraction of sp³-hybridized carbons (Fsp3) is 0.667. The number of nitrogens with one attached hydrogen (secondary N) is 1. The summed E-state index contributed by atoms with van der Waals surface area (Å²) < 4.78 is 0.916. The van der Waals surface area contributed by atoms with Crippen molar-refractivity contribution in [2.24, 2.45) is 11.3 Å². The van der Waals surface area contributed by atoms with Crippen LogP contribution in [-0.2, 0) is 4.79 Å². The van der Waals surface area contributed by atoms with Crippen molar-refractivity contribution in [3.8, 4) is 0 Å². The van der Waals surface area contributed by atoms with Crippen molar-refractivity contribution in [2.75, 3.05) is 13.6 Å². The summed E-state index contributed by atoms with van der Waals surface area (Å²) in [5.74, 6) is 0.309. The summed E-state index contributed by atoms with van der Waals surface area (Å²) in [6.07, 6.45) is 4.59. The van der Waals surface area contributed by atoms with Crippen LogP contribution in [0.3, 0.4) is 0 Å². The lowest BCUT2D eigenvalue weighted by atomic mass is 9.69. The lowest BCUT2D eigenvalue weighted by molar-refractivity contribution is -0.123. The Labute approximate surface area is 157 Å². The van der Waals surface area contributed by atoms with Crippen LogP contribution in [0.25, 0.3) is 0 Å². The van der Waals surface area contributed by atoms with Gasteiger partial charge in [-0.2, -0.15) is 0 Å². The first-order valence-electron chi connectivity index (χ1n) is 8.48. The largest absolute Gasteiger partial charge is 0.352 e. The molecule has 1 fully saturated rings. The van der Waals surface area contributed by atoms with Crippen LogP contribution in [0.4, 0.5) is 0 Å². The first kappa shape index (κ1) is 19.4. The summed E-state index contributed by atoms with van der Waals surface area (Å²) in [6.45, 7) is 6.83. The molecule has 2 amide bonds. The molecule has 1 heterocycles. The zero-order valence-corrected chi connectivity index (χ0v) is 17.3. The highest BCUT2D eigenvalue weighted by atomic mass is 79.9. The van der Waals surface area contributed by atoms with Crippen LogP contribution >= 0.6 is 27.3 Å². The van der Waals surface area contributed by atoms with Gasteiger partial charge < -0.3 is 10.2 Å². The minimum absolute atomic E-state index is 0.0670. The quantitative estimate of drug-likeness (QED) is 0.797. The van der Waals surface area contributed by atoms with Crippen LogP contribution in [0.15, 0.2) is 15.9 Å². The third kappa shape index (κ3) is 5.06. The third-order valence-electron chi connectivity index (χ3n) is 4.74. The predicted octanol–water partition coefficient (Wildman–Crippen LogP) is 4.30. The zero-order valence-electron chi connectivity index (χ0n) is 14.9. The van der Waals surface area contributed by atoms with Crippen molar-refractivity contribution < 1.29 is 9.59 Å². The number of hydrogen-bond acceptors (Lipinski definition) is 3. The summed E-state index contributed by atoms with van der Waals surface area (Å²) >= 11 is 4.74. The highest BCUT2D eigenvalue weighted by molar-refractivity contribution is 9.11. The van der Waals surface area contributed by atoms with Gasteiger partial charge in [-0.25, -0.2) is 0 Å². The van der Waals surface area contributed by atoms with Gasteiger partial charge >= 0.3 is 0 Å². The van der Waals surface area contributed by atoms with Gasteiger partial charge in [-0.05, 0) is 52.2 Å². The van der Waals surface area contributed by atoms with Crippen LogP contribution in [0.5, 0.6) is 0 Å². The second-order valence-corrected chi connectivity index (χ2v) is 10.2. The number of carbonyl (C=O) groups is 2. The van der Waals surface area contributed by atoms with Gasteiger partial charge in [0, 0.05) is 13.1 Å². The number of nitrogens with zero attached hydrogens (tertiary/aromatic N) is 1. The molecule has 2 rings (SSSR count). The molecular weight excluding hydrogens is 388 g/mol. The summed E-state index contributed by atoms with van der Waals surface area (Å²) in [6, 6.07) is 3.84. The highest BCUT2D eigenvalue weighted by Gasteiger charge is 2.35. The summed E-state index contributed by atoms with van der Waals surface area (Å²) in [5.41, 5.74) is 0.184. The van der Waals surface area contributed by atoms with Gasteiger partial charge in [0.1, 0.15) is 0 Å². The topological polar surface area (TPSA) is 49.4 Å². The monoisotopic (exact) mass is 414 g/mol. The van der Waals surface area contributed by atoms with Crippen LogP contribution in [0, 0.1) is 11.3 Å². The number of halogens is 1. The molecule has 2 atom stereocenters. The maximum atomic E-state index is 12.4. The molecule has 1 aliphatic carbocycles. The molecule has 24 heavy (non-hydrogen) atoms. The van der Waals surface area contributed by atoms with Crippen molar-refractivity contribution in [2.45, 2.75) is 52.5 Å². The molecule has 1 aromatic heterocycles. The SMILES string of the molecule is CN(CC(=O)NC1CCCCC1C(C)(C)C)C(=O)c1ccc(Br)s1. The van der Waals surface area contributed by atoms with Crippen molar-refractivity contribution in [1.82, 2.24) is 10.2 Å². The molecule has 0 aliphatic heterocycles. The summed E-state index contributed by atoms with van der Waals surface area (Å²) in [7, 11) is 1.68. The molecular formula is C18H27BrN2O2S. The van der Waals surface area contributed by atoms with Crippen LogP contribution in [0.1, 0.15) is 56.1 Å².